The van der Waals surface area contributed by atoms with Crippen LogP contribution in [0.2, 0.25) is 0 Å². The van der Waals surface area contributed by atoms with E-state index in [0.29, 0.717) is 30.2 Å². The maximum absolute atomic E-state index is 11.5. The molecule has 0 fully saturated rings. The zero-order valence-electron chi connectivity index (χ0n) is 11.6. The van der Waals surface area contributed by atoms with Crippen LogP contribution in [0.4, 0.5) is 0 Å². The Kier molecular flexibility index (Phi) is 4.71. The van der Waals surface area contributed by atoms with E-state index in [9.17, 15) is 4.79 Å². The molecule has 0 atom stereocenters. The molecule has 2 aromatic rings. The van der Waals surface area contributed by atoms with Crippen molar-refractivity contribution >= 4 is 5.78 Å². The van der Waals surface area contributed by atoms with Gasteiger partial charge >= 0.3 is 0 Å². The first-order valence-electron chi connectivity index (χ1n) is 6.63. The summed E-state index contributed by atoms with van der Waals surface area (Å²) in [4.78, 5) is 15.6. The number of pyridine rings is 1. The number of aromatic nitrogens is 1. The summed E-state index contributed by atoms with van der Waals surface area (Å²) >= 11 is 0. The van der Waals surface area contributed by atoms with Gasteiger partial charge in [0.1, 0.15) is 22.9 Å². The fraction of sp³-hybridized carbons (Fsp3) is 0.250. The summed E-state index contributed by atoms with van der Waals surface area (Å²) in [6.07, 6.45) is 2.00. The number of ketones is 1. The highest BCUT2D eigenvalue weighted by Crippen LogP contribution is 2.24. The van der Waals surface area contributed by atoms with Gasteiger partial charge in [-0.1, -0.05) is 13.0 Å². The predicted molar refractivity (Wildman–Crippen MR) is 76.5 cm³/mol. The first-order valence-corrected chi connectivity index (χ1v) is 6.63. The van der Waals surface area contributed by atoms with Crippen molar-refractivity contribution < 1.29 is 14.3 Å². The van der Waals surface area contributed by atoms with Crippen molar-refractivity contribution in [1.29, 1.82) is 0 Å². The molecule has 0 amide bonds. The van der Waals surface area contributed by atoms with Crippen LogP contribution in [0, 0.1) is 0 Å². The van der Waals surface area contributed by atoms with E-state index >= 15 is 0 Å². The highest BCUT2D eigenvalue weighted by molar-refractivity contribution is 5.93. The first kappa shape index (κ1) is 14.1. The molecule has 0 spiro atoms. The summed E-state index contributed by atoms with van der Waals surface area (Å²) < 4.78 is 11.1. The molecular weight excluding hydrogens is 254 g/mol. The molecule has 2 rings (SSSR count). The van der Waals surface area contributed by atoms with Gasteiger partial charge in [0, 0.05) is 12.5 Å². The number of carbonyl (C=O) groups is 1. The highest BCUT2D eigenvalue weighted by Gasteiger charge is 2.05. The second-order valence-electron chi connectivity index (χ2n) is 4.17. The lowest BCUT2D eigenvalue weighted by atomic mass is 10.2. The van der Waals surface area contributed by atoms with Gasteiger partial charge in [-0.05, 0) is 31.2 Å². The van der Waals surface area contributed by atoms with Crippen molar-refractivity contribution in [2.24, 2.45) is 0 Å². The lowest BCUT2D eigenvalue weighted by Gasteiger charge is -2.08. The fourth-order valence-corrected chi connectivity index (χ4v) is 1.72. The van der Waals surface area contributed by atoms with Crippen LogP contribution in [0.15, 0.2) is 42.6 Å². The van der Waals surface area contributed by atoms with E-state index in [1.807, 2.05) is 38.1 Å². The van der Waals surface area contributed by atoms with Crippen LogP contribution in [-0.4, -0.2) is 17.4 Å². The van der Waals surface area contributed by atoms with Gasteiger partial charge in [-0.15, -0.1) is 0 Å². The zero-order valence-corrected chi connectivity index (χ0v) is 11.6. The van der Waals surface area contributed by atoms with Crippen molar-refractivity contribution in [2.45, 2.75) is 20.3 Å². The van der Waals surface area contributed by atoms with E-state index in [2.05, 4.69) is 4.98 Å². The molecule has 1 aromatic heterocycles. The number of hydrogen-bond donors (Lipinski definition) is 0. The number of benzene rings is 1. The van der Waals surface area contributed by atoms with E-state index in [1.165, 1.54) is 0 Å². The van der Waals surface area contributed by atoms with Crippen molar-refractivity contribution in [3.05, 3.63) is 48.3 Å². The number of nitrogens with zero attached hydrogens (tertiary/aromatic N) is 1. The molecule has 0 aliphatic heterocycles. The molecule has 1 heterocycles. The molecular formula is C16H17NO3. The summed E-state index contributed by atoms with van der Waals surface area (Å²) in [7, 11) is 0. The number of ether oxygens (including phenoxy) is 2. The molecule has 0 bridgehead atoms. The molecule has 0 saturated heterocycles. The van der Waals surface area contributed by atoms with Crippen LogP contribution in [-0.2, 0) is 0 Å². The fourth-order valence-electron chi connectivity index (χ4n) is 1.72. The van der Waals surface area contributed by atoms with E-state index in [4.69, 9.17) is 9.47 Å². The second kappa shape index (κ2) is 6.70. The topological polar surface area (TPSA) is 48.4 Å². The summed E-state index contributed by atoms with van der Waals surface area (Å²) in [6.45, 7) is 4.35. The molecule has 104 valence electrons. The SMILES string of the molecule is CCOc1cccc(Oc2ccc(C(=O)CC)nc2)c1. The van der Waals surface area contributed by atoms with Crippen LogP contribution in [0.25, 0.3) is 0 Å². The van der Waals surface area contributed by atoms with Crippen molar-refractivity contribution in [1.82, 2.24) is 4.98 Å². The van der Waals surface area contributed by atoms with Gasteiger partial charge in [-0.25, -0.2) is 4.98 Å². The molecule has 0 aliphatic carbocycles. The lowest BCUT2D eigenvalue weighted by molar-refractivity contribution is 0.0983. The normalized spacial score (nSPS) is 10.1. The quantitative estimate of drug-likeness (QED) is 0.748. The summed E-state index contributed by atoms with van der Waals surface area (Å²) in [5.74, 6) is 2.05. The highest BCUT2D eigenvalue weighted by atomic mass is 16.5. The molecule has 0 aliphatic rings. The van der Waals surface area contributed by atoms with Crippen LogP contribution in [0.3, 0.4) is 0 Å². The summed E-state index contributed by atoms with van der Waals surface area (Å²) in [5.41, 5.74) is 0.461. The Morgan fingerprint density at radius 3 is 2.55 bits per heavy atom. The van der Waals surface area contributed by atoms with Crippen LogP contribution >= 0.6 is 0 Å². The van der Waals surface area contributed by atoms with Gasteiger partial charge in [0.15, 0.2) is 5.78 Å². The minimum absolute atomic E-state index is 0.0230. The molecule has 0 unspecified atom stereocenters. The molecule has 0 saturated carbocycles. The standard InChI is InChI=1S/C16H17NO3/c1-3-16(18)15-9-8-14(11-17-15)20-13-7-5-6-12(10-13)19-4-2/h5-11H,3-4H2,1-2H3. The Morgan fingerprint density at radius 1 is 1.10 bits per heavy atom. The number of carbonyl (C=O) groups excluding carboxylic acids is 1. The van der Waals surface area contributed by atoms with Gasteiger partial charge < -0.3 is 9.47 Å². The lowest BCUT2D eigenvalue weighted by Crippen LogP contribution is -1.99. The maximum Gasteiger partial charge on any atom is 0.180 e. The Bertz CT molecular complexity index is 579. The number of rotatable bonds is 6. The van der Waals surface area contributed by atoms with Crippen LogP contribution in [0.5, 0.6) is 17.2 Å². The largest absolute Gasteiger partial charge is 0.494 e. The average Bonchev–Trinajstić information content (AvgIpc) is 2.48. The van der Waals surface area contributed by atoms with Gasteiger partial charge in [0.2, 0.25) is 0 Å². The van der Waals surface area contributed by atoms with Crippen LogP contribution in [0.1, 0.15) is 30.8 Å². The third-order valence-corrected chi connectivity index (χ3v) is 2.70. The van der Waals surface area contributed by atoms with Crippen molar-refractivity contribution in [3.8, 4) is 17.2 Å². The monoisotopic (exact) mass is 271 g/mol. The minimum atomic E-state index is 0.0230. The van der Waals surface area contributed by atoms with Gasteiger partial charge in [-0.2, -0.15) is 0 Å². The predicted octanol–water partition coefficient (Wildman–Crippen LogP) is 3.87. The number of Topliss-reactive ketones (excluding diaryl/α,β-unsaturated/α-hetero) is 1. The molecule has 4 heteroatoms. The molecule has 20 heavy (non-hydrogen) atoms. The zero-order chi connectivity index (χ0) is 14.4. The summed E-state index contributed by atoms with van der Waals surface area (Å²) in [5, 5.41) is 0. The van der Waals surface area contributed by atoms with E-state index in [-0.39, 0.29) is 5.78 Å². The third kappa shape index (κ3) is 3.57. The van der Waals surface area contributed by atoms with Gasteiger partial charge in [-0.3, -0.25) is 4.79 Å². The maximum atomic E-state index is 11.5. The molecule has 0 radical (unpaired) electrons. The minimum Gasteiger partial charge on any atom is -0.494 e. The number of hydrogen-bond acceptors (Lipinski definition) is 4. The van der Waals surface area contributed by atoms with E-state index in [0.717, 1.165) is 5.75 Å². The molecule has 0 N–H and O–H groups in total. The Labute approximate surface area is 118 Å². The van der Waals surface area contributed by atoms with Crippen molar-refractivity contribution in [2.75, 3.05) is 6.61 Å². The first-order chi connectivity index (χ1) is 9.72. The Hall–Kier alpha value is -2.36. The Morgan fingerprint density at radius 2 is 1.90 bits per heavy atom. The van der Waals surface area contributed by atoms with E-state index in [1.54, 1.807) is 18.3 Å². The second-order valence-corrected chi connectivity index (χ2v) is 4.17. The Balaban J connectivity index is 2.09. The van der Waals surface area contributed by atoms with Gasteiger partial charge in [0.05, 0.1) is 12.8 Å². The van der Waals surface area contributed by atoms with Crippen LogP contribution < -0.4 is 9.47 Å². The summed E-state index contributed by atoms with van der Waals surface area (Å²) in [6, 6.07) is 10.8. The average molecular weight is 271 g/mol. The smallest absolute Gasteiger partial charge is 0.180 e. The molecule has 4 nitrogen and oxygen atoms in total. The third-order valence-electron chi connectivity index (χ3n) is 2.70. The van der Waals surface area contributed by atoms with Gasteiger partial charge in [0.25, 0.3) is 0 Å². The molecule has 1 aromatic carbocycles. The van der Waals surface area contributed by atoms with Crippen molar-refractivity contribution in [3.63, 3.8) is 0 Å². The van der Waals surface area contributed by atoms with E-state index < -0.39 is 0 Å².